The molecule has 1 amide bonds. The molecule has 0 radical (unpaired) electrons. The second-order valence-corrected chi connectivity index (χ2v) is 2.53. The van der Waals surface area contributed by atoms with Crippen LogP contribution in [-0.2, 0) is 4.79 Å². The van der Waals surface area contributed by atoms with Crippen molar-refractivity contribution >= 4 is 6.41 Å². The Kier molecular flexibility index (Phi) is 2.88. The lowest BCUT2D eigenvalue weighted by atomic mass is 10.1. The summed E-state index contributed by atoms with van der Waals surface area (Å²) in [7, 11) is 0. The molecule has 66 valence electrons. The monoisotopic (exact) mass is 169 g/mol. The molecule has 4 nitrogen and oxygen atoms in total. The van der Waals surface area contributed by atoms with Crippen LogP contribution in [0.2, 0.25) is 0 Å². The molecule has 0 spiro atoms. The molecule has 0 fully saturated rings. The maximum Gasteiger partial charge on any atom is 0.207 e. The van der Waals surface area contributed by atoms with Gasteiger partial charge in [-0.05, 0) is 19.1 Å². The topological polar surface area (TPSA) is 62.5 Å². The summed E-state index contributed by atoms with van der Waals surface area (Å²) in [4.78, 5) is 10.0. The molecule has 0 aliphatic rings. The average Bonchev–Trinajstić information content (AvgIpc) is 2.55. The Morgan fingerprint density at radius 1 is 1.75 bits per heavy atom. The van der Waals surface area contributed by atoms with Crippen LogP contribution in [-0.4, -0.2) is 17.6 Å². The highest BCUT2D eigenvalue weighted by Gasteiger charge is 2.17. The second kappa shape index (κ2) is 3.92. The van der Waals surface area contributed by atoms with E-state index >= 15 is 0 Å². The van der Waals surface area contributed by atoms with Crippen molar-refractivity contribution in [3.05, 3.63) is 24.2 Å². The first kappa shape index (κ1) is 8.80. The first-order chi connectivity index (χ1) is 5.75. The van der Waals surface area contributed by atoms with E-state index in [-0.39, 0.29) is 6.04 Å². The minimum atomic E-state index is -0.787. The number of rotatable bonds is 4. The Morgan fingerprint density at radius 3 is 3.00 bits per heavy atom. The number of nitrogens with one attached hydrogen (secondary N) is 1. The van der Waals surface area contributed by atoms with Gasteiger partial charge < -0.3 is 14.8 Å². The zero-order valence-electron chi connectivity index (χ0n) is 6.73. The lowest BCUT2D eigenvalue weighted by molar-refractivity contribution is -0.110. The molecule has 2 atom stereocenters. The van der Waals surface area contributed by atoms with Gasteiger partial charge in [-0.3, -0.25) is 4.79 Å². The molecule has 0 aliphatic heterocycles. The first-order valence-corrected chi connectivity index (χ1v) is 3.67. The molecule has 4 heteroatoms. The number of hydrogen-bond acceptors (Lipinski definition) is 3. The van der Waals surface area contributed by atoms with Gasteiger partial charge >= 0.3 is 0 Å². The molecule has 0 saturated carbocycles. The Morgan fingerprint density at radius 2 is 2.50 bits per heavy atom. The molecule has 0 aromatic carbocycles. The molecule has 0 aliphatic carbocycles. The standard InChI is InChI=1S/C8H11NO3/c1-6(9-5-10)8(11)7-3-2-4-12-7/h2-6,8,11H,1H3,(H,9,10). The van der Waals surface area contributed by atoms with Crippen LogP contribution < -0.4 is 5.32 Å². The molecule has 2 unspecified atom stereocenters. The van der Waals surface area contributed by atoms with Gasteiger partial charge in [0.1, 0.15) is 11.9 Å². The van der Waals surface area contributed by atoms with Gasteiger partial charge in [0.25, 0.3) is 0 Å². The predicted octanol–water partition coefficient (Wildman–Crippen LogP) is 0.447. The average molecular weight is 169 g/mol. The van der Waals surface area contributed by atoms with E-state index in [1.807, 2.05) is 0 Å². The summed E-state index contributed by atoms with van der Waals surface area (Å²) < 4.78 is 4.96. The fourth-order valence-electron chi connectivity index (χ4n) is 0.904. The van der Waals surface area contributed by atoms with Crippen LogP contribution in [0.5, 0.6) is 0 Å². The number of furan rings is 1. The van der Waals surface area contributed by atoms with E-state index in [4.69, 9.17) is 4.42 Å². The largest absolute Gasteiger partial charge is 0.467 e. The third-order valence-corrected chi connectivity index (χ3v) is 1.64. The molecule has 0 saturated heterocycles. The van der Waals surface area contributed by atoms with E-state index in [9.17, 15) is 9.90 Å². The summed E-state index contributed by atoms with van der Waals surface area (Å²) in [5.74, 6) is 0.455. The van der Waals surface area contributed by atoms with Gasteiger partial charge in [0.15, 0.2) is 0 Å². The van der Waals surface area contributed by atoms with Gasteiger partial charge in [0.2, 0.25) is 6.41 Å². The van der Waals surface area contributed by atoms with Crippen LogP contribution in [0.25, 0.3) is 0 Å². The predicted molar refractivity (Wildman–Crippen MR) is 42.3 cm³/mol. The third-order valence-electron chi connectivity index (χ3n) is 1.64. The lowest BCUT2D eigenvalue weighted by Gasteiger charge is -2.15. The van der Waals surface area contributed by atoms with Crippen molar-refractivity contribution in [3.8, 4) is 0 Å². The molecule has 1 aromatic rings. The highest BCUT2D eigenvalue weighted by atomic mass is 16.4. The molecule has 12 heavy (non-hydrogen) atoms. The van der Waals surface area contributed by atoms with Crippen LogP contribution in [0.4, 0.5) is 0 Å². The van der Waals surface area contributed by atoms with E-state index < -0.39 is 6.10 Å². The van der Waals surface area contributed by atoms with Crippen LogP contribution in [0.3, 0.4) is 0 Å². The van der Waals surface area contributed by atoms with E-state index in [0.29, 0.717) is 12.2 Å². The van der Waals surface area contributed by atoms with Crippen molar-refractivity contribution in [2.75, 3.05) is 0 Å². The number of hydrogen-bond donors (Lipinski definition) is 2. The molecule has 2 N–H and O–H groups in total. The second-order valence-electron chi connectivity index (χ2n) is 2.53. The van der Waals surface area contributed by atoms with Crippen molar-refractivity contribution in [1.29, 1.82) is 0 Å². The van der Waals surface area contributed by atoms with Crippen molar-refractivity contribution in [1.82, 2.24) is 5.32 Å². The Hall–Kier alpha value is -1.29. The lowest BCUT2D eigenvalue weighted by Crippen LogP contribution is -2.30. The maximum atomic E-state index is 10.0. The summed E-state index contributed by atoms with van der Waals surface area (Å²) in [6.07, 6.45) is 1.24. The SMILES string of the molecule is CC(NC=O)C(O)c1ccco1. The number of amides is 1. The van der Waals surface area contributed by atoms with Crippen LogP contribution >= 0.6 is 0 Å². The van der Waals surface area contributed by atoms with Crippen LogP contribution in [0, 0.1) is 0 Å². The fourth-order valence-corrected chi connectivity index (χ4v) is 0.904. The quantitative estimate of drug-likeness (QED) is 0.643. The fraction of sp³-hybridized carbons (Fsp3) is 0.375. The molecule has 1 aromatic heterocycles. The Balaban J connectivity index is 2.58. The smallest absolute Gasteiger partial charge is 0.207 e. The highest BCUT2D eigenvalue weighted by molar-refractivity contribution is 5.46. The molecule has 1 rings (SSSR count). The van der Waals surface area contributed by atoms with Crippen molar-refractivity contribution in [2.45, 2.75) is 19.1 Å². The van der Waals surface area contributed by atoms with E-state index in [2.05, 4.69) is 5.32 Å². The summed E-state index contributed by atoms with van der Waals surface area (Å²) in [5, 5.41) is 11.9. The minimum Gasteiger partial charge on any atom is -0.467 e. The zero-order valence-corrected chi connectivity index (χ0v) is 6.73. The Labute approximate surface area is 70.2 Å². The summed E-state index contributed by atoms with van der Waals surface area (Å²) in [5.41, 5.74) is 0. The summed E-state index contributed by atoms with van der Waals surface area (Å²) in [6, 6.07) is 3.01. The number of carbonyl (C=O) groups excluding carboxylic acids is 1. The summed E-state index contributed by atoms with van der Waals surface area (Å²) in [6.45, 7) is 1.70. The van der Waals surface area contributed by atoms with Gasteiger partial charge in [-0.25, -0.2) is 0 Å². The van der Waals surface area contributed by atoms with Gasteiger partial charge in [0.05, 0.1) is 12.3 Å². The zero-order chi connectivity index (χ0) is 8.97. The van der Waals surface area contributed by atoms with Gasteiger partial charge in [-0.2, -0.15) is 0 Å². The molecule has 1 heterocycles. The van der Waals surface area contributed by atoms with Crippen LogP contribution in [0.15, 0.2) is 22.8 Å². The number of aliphatic hydroxyl groups is 1. The number of carbonyl (C=O) groups is 1. The maximum absolute atomic E-state index is 10.0. The van der Waals surface area contributed by atoms with E-state index in [1.165, 1.54) is 6.26 Å². The van der Waals surface area contributed by atoms with E-state index in [0.717, 1.165) is 0 Å². The Bertz CT molecular complexity index is 232. The summed E-state index contributed by atoms with van der Waals surface area (Å²) >= 11 is 0. The molecular weight excluding hydrogens is 158 g/mol. The molecule has 0 bridgehead atoms. The highest BCUT2D eigenvalue weighted by Crippen LogP contribution is 2.16. The van der Waals surface area contributed by atoms with Crippen LogP contribution in [0.1, 0.15) is 18.8 Å². The van der Waals surface area contributed by atoms with Crippen molar-refractivity contribution in [3.63, 3.8) is 0 Å². The normalized spacial score (nSPS) is 15.2. The molecular formula is C8H11NO3. The minimum absolute atomic E-state index is 0.339. The van der Waals surface area contributed by atoms with Gasteiger partial charge in [-0.15, -0.1) is 0 Å². The van der Waals surface area contributed by atoms with Crippen molar-refractivity contribution in [2.24, 2.45) is 0 Å². The third kappa shape index (κ3) is 1.85. The van der Waals surface area contributed by atoms with Gasteiger partial charge in [-0.1, -0.05) is 0 Å². The first-order valence-electron chi connectivity index (χ1n) is 3.67. The van der Waals surface area contributed by atoms with E-state index in [1.54, 1.807) is 19.1 Å². The number of aliphatic hydroxyl groups excluding tert-OH is 1. The van der Waals surface area contributed by atoms with Crippen molar-refractivity contribution < 1.29 is 14.3 Å². The van der Waals surface area contributed by atoms with Gasteiger partial charge in [0, 0.05) is 0 Å².